The number of hydrogen-bond donors (Lipinski definition) is 2. The number of nitrogens with zero attached hydrogens (tertiary/aromatic N) is 2. The zero-order valence-corrected chi connectivity index (χ0v) is 16.0. The molecule has 1 aliphatic heterocycles. The van der Waals surface area contributed by atoms with E-state index in [-0.39, 0.29) is 17.9 Å². The highest BCUT2D eigenvalue weighted by atomic mass is 35.5. The van der Waals surface area contributed by atoms with Gasteiger partial charge in [-0.1, -0.05) is 17.7 Å². The maximum Gasteiger partial charge on any atom is 0.287 e. The Labute approximate surface area is 157 Å². The molecule has 0 bridgehead atoms. The molecule has 0 spiro atoms. The second kappa shape index (κ2) is 7.50. The van der Waals surface area contributed by atoms with Gasteiger partial charge in [-0.25, -0.2) is 4.98 Å². The summed E-state index contributed by atoms with van der Waals surface area (Å²) in [6, 6.07) is 5.34. The van der Waals surface area contributed by atoms with Gasteiger partial charge >= 0.3 is 0 Å². The number of benzene rings is 1. The number of fused-ring (bicyclic) bond motifs is 1. The van der Waals surface area contributed by atoms with Crippen LogP contribution in [0, 0.1) is 6.92 Å². The lowest BCUT2D eigenvalue weighted by Crippen LogP contribution is -2.33. The standard InChI is InChI=1S/C19H23ClN4O2/c1-11(2)21-19(26)17-23-16(15-6-4-5-9-24(15)17)18(25)22-14-10-13(20)8-7-12(14)3/h7-8,10-11H,4-6,9H2,1-3H3,(H,21,26)(H,22,25). The molecule has 0 unspecified atom stereocenters. The van der Waals surface area contributed by atoms with Gasteiger partial charge in [-0.05, 0) is 57.7 Å². The van der Waals surface area contributed by atoms with Crippen molar-refractivity contribution in [1.29, 1.82) is 0 Å². The van der Waals surface area contributed by atoms with Gasteiger partial charge in [0.2, 0.25) is 0 Å². The van der Waals surface area contributed by atoms with E-state index in [2.05, 4.69) is 15.6 Å². The molecule has 6 nitrogen and oxygen atoms in total. The SMILES string of the molecule is Cc1ccc(Cl)cc1NC(=O)c1nc(C(=O)NC(C)C)n2c1CCCC2. The number of hydrogen-bond acceptors (Lipinski definition) is 3. The Morgan fingerprint density at radius 1 is 1.23 bits per heavy atom. The monoisotopic (exact) mass is 374 g/mol. The van der Waals surface area contributed by atoms with E-state index in [4.69, 9.17) is 11.6 Å². The predicted octanol–water partition coefficient (Wildman–Crippen LogP) is 3.57. The molecule has 0 fully saturated rings. The fourth-order valence-electron chi connectivity index (χ4n) is 3.14. The Morgan fingerprint density at radius 3 is 2.73 bits per heavy atom. The average molecular weight is 375 g/mol. The molecule has 2 N–H and O–H groups in total. The van der Waals surface area contributed by atoms with Crippen molar-refractivity contribution in [3.05, 3.63) is 46.0 Å². The number of carbonyl (C=O) groups is 2. The van der Waals surface area contributed by atoms with E-state index in [1.807, 2.05) is 31.4 Å². The average Bonchev–Trinajstić information content (AvgIpc) is 2.97. The van der Waals surface area contributed by atoms with Gasteiger partial charge in [-0.3, -0.25) is 9.59 Å². The highest BCUT2D eigenvalue weighted by molar-refractivity contribution is 6.31. The molecule has 7 heteroatoms. The molecule has 1 aliphatic rings. The van der Waals surface area contributed by atoms with Crippen LogP contribution in [0.1, 0.15) is 59.1 Å². The summed E-state index contributed by atoms with van der Waals surface area (Å²) in [6.07, 6.45) is 2.69. The summed E-state index contributed by atoms with van der Waals surface area (Å²) in [5, 5.41) is 6.29. The van der Waals surface area contributed by atoms with Crippen LogP contribution >= 0.6 is 11.6 Å². The normalized spacial score (nSPS) is 13.4. The van der Waals surface area contributed by atoms with Crippen molar-refractivity contribution in [2.75, 3.05) is 5.32 Å². The Hall–Kier alpha value is -2.34. The van der Waals surface area contributed by atoms with E-state index in [0.29, 0.717) is 28.8 Å². The zero-order valence-electron chi connectivity index (χ0n) is 15.2. The topological polar surface area (TPSA) is 76.0 Å². The molecule has 0 saturated heterocycles. The number of aromatic nitrogens is 2. The molecular weight excluding hydrogens is 352 g/mol. The Bertz CT molecular complexity index is 857. The molecule has 1 aromatic heterocycles. The summed E-state index contributed by atoms with van der Waals surface area (Å²) in [4.78, 5) is 29.7. The summed E-state index contributed by atoms with van der Waals surface area (Å²) < 4.78 is 1.88. The molecule has 3 rings (SSSR count). The van der Waals surface area contributed by atoms with Crippen molar-refractivity contribution in [1.82, 2.24) is 14.9 Å². The van der Waals surface area contributed by atoms with Crippen LogP contribution in [0.4, 0.5) is 5.69 Å². The smallest absolute Gasteiger partial charge is 0.287 e. The van der Waals surface area contributed by atoms with Crippen LogP contribution in [0.5, 0.6) is 0 Å². The Kier molecular flexibility index (Phi) is 5.32. The van der Waals surface area contributed by atoms with E-state index in [1.165, 1.54) is 0 Å². The molecule has 26 heavy (non-hydrogen) atoms. The minimum atomic E-state index is -0.315. The third kappa shape index (κ3) is 3.75. The molecule has 2 heterocycles. The van der Waals surface area contributed by atoms with E-state index in [9.17, 15) is 9.59 Å². The number of imidazole rings is 1. The fourth-order valence-corrected chi connectivity index (χ4v) is 3.31. The summed E-state index contributed by atoms with van der Waals surface area (Å²) >= 11 is 6.03. The van der Waals surface area contributed by atoms with Gasteiger partial charge in [-0.15, -0.1) is 0 Å². The van der Waals surface area contributed by atoms with E-state index in [0.717, 1.165) is 30.5 Å². The maximum atomic E-state index is 12.8. The summed E-state index contributed by atoms with van der Waals surface area (Å²) in [7, 11) is 0. The summed E-state index contributed by atoms with van der Waals surface area (Å²) in [5.74, 6) is -0.257. The van der Waals surface area contributed by atoms with Gasteiger partial charge in [0.15, 0.2) is 11.5 Å². The molecule has 138 valence electrons. The van der Waals surface area contributed by atoms with Gasteiger partial charge in [-0.2, -0.15) is 0 Å². The fraction of sp³-hybridized carbons (Fsp3) is 0.421. The largest absolute Gasteiger partial charge is 0.347 e. The Balaban J connectivity index is 1.94. The van der Waals surface area contributed by atoms with E-state index < -0.39 is 0 Å². The van der Waals surface area contributed by atoms with Crippen LogP contribution < -0.4 is 10.6 Å². The molecule has 0 radical (unpaired) electrons. The second-order valence-electron chi connectivity index (χ2n) is 6.88. The molecule has 0 saturated carbocycles. The first-order chi connectivity index (χ1) is 12.4. The van der Waals surface area contributed by atoms with Gasteiger partial charge in [0.25, 0.3) is 11.8 Å². The molecule has 2 aromatic rings. The lowest BCUT2D eigenvalue weighted by Gasteiger charge is -2.17. The minimum absolute atomic E-state index is 0.00503. The predicted molar refractivity (Wildman–Crippen MR) is 102 cm³/mol. The summed E-state index contributed by atoms with van der Waals surface area (Å²) in [6.45, 7) is 6.39. The van der Waals surface area contributed by atoms with Crippen molar-refractivity contribution in [3.8, 4) is 0 Å². The Morgan fingerprint density at radius 2 is 2.00 bits per heavy atom. The van der Waals surface area contributed by atoms with Gasteiger partial charge in [0.05, 0.1) is 5.69 Å². The first-order valence-electron chi connectivity index (χ1n) is 8.84. The minimum Gasteiger partial charge on any atom is -0.347 e. The molecule has 1 aromatic carbocycles. The molecule has 0 atom stereocenters. The number of aryl methyl sites for hydroxylation is 1. The first-order valence-corrected chi connectivity index (χ1v) is 9.22. The molecule has 0 aliphatic carbocycles. The van der Waals surface area contributed by atoms with Crippen LogP contribution in [0.3, 0.4) is 0 Å². The van der Waals surface area contributed by atoms with E-state index in [1.54, 1.807) is 12.1 Å². The van der Waals surface area contributed by atoms with Crippen LogP contribution in [-0.4, -0.2) is 27.4 Å². The quantitative estimate of drug-likeness (QED) is 0.858. The second-order valence-corrected chi connectivity index (χ2v) is 7.32. The third-order valence-corrected chi connectivity index (χ3v) is 4.64. The number of rotatable bonds is 4. The first kappa shape index (κ1) is 18.5. The maximum absolute atomic E-state index is 12.8. The number of halogens is 1. The van der Waals surface area contributed by atoms with Crippen LogP contribution in [0.2, 0.25) is 5.02 Å². The summed E-state index contributed by atoms with van der Waals surface area (Å²) in [5.41, 5.74) is 2.70. The van der Waals surface area contributed by atoms with Crippen molar-refractivity contribution >= 4 is 29.1 Å². The van der Waals surface area contributed by atoms with Crippen LogP contribution in [0.15, 0.2) is 18.2 Å². The molecular formula is C19H23ClN4O2. The lowest BCUT2D eigenvalue weighted by molar-refractivity contribution is 0.0927. The van der Waals surface area contributed by atoms with Crippen molar-refractivity contribution in [2.45, 2.75) is 52.6 Å². The van der Waals surface area contributed by atoms with Gasteiger partial charge in [0, 0.05) is 23.3 Å². The number of carbonyl (C=O) groups excluding carboxylic acids is 2. The van der Waals surface area contributed by atoms with Crippen molar-refractivity contribution < 1.29 is 9.59 Å². The van der Waals surface area contributed by atoms with Crippen LogP contribution in [-0.2, 0) is 13.0 Å². The number of nitrogens with one attached hydrogen (secondary N) is 2. The highest BCUT2D eigenvalue weighted by Crippen LogP contribution is 2.24. The zero-order chi connectivity index (χ0) is 18.8. The number of anilines is 1. The molecule has 2 amide bonds. The van der Waals surface area contributed by atoms with Gasteiger partial charge < -0.3 is 15.2 Å². The third-order valence-electron chi connectivity index (χ3n) is 4.40. The highest BCUT2D eigenvalue weighted by Gasteiger charge is 2.27. The van der Waals surface area contributed by atoms with Crippen molar-refractivity contribution in [2.24, 2.45) is 0 Å². The van der Waals surface area contributed by atoms with Crippen molar-refractivity contribution in [3.63, 3.8) is 0 Å². The number of amides is 2. The van der Waals surface area contributed by atoms with Gasteiger partial charge in [0.1, 0.15) is 0 Å². The van der Waals surface area contributed by atoms with Crippen LogP contribution in [0.25, 0.3) is 0 Å². The lowest BCUT2D eigenvalue weighted by atomic mass is 10.1. The van der Waals surface area contributed by atoms with E-state index >= 15 is 0 Å².